The number of nitrogens with one attached hydrogen (secondary N) is 1. The van der Waals surface area contributed by atoms with E-state index < -0.39 is 0 Å². The van der Waals surface area contributed by atoms with E-state index in [2.05, 4.69) is 24.4 Å². The molecule has 0 amide bonds. The van der Waals surface area contributed by atoms with Crippen LogP contribution in [0.3, 0.4) is 0 Å². The van der Waals surface area contributed by atoms with Crippen molar-refractivity contribution >= 4 is 17.3 Å². The van der Waals surface area contributed by atoms with E-state index in [1.54, 1.807) is 18.8 Å². The van der Waals surface area contributed by atoms with Gasteiger partial charge in [-0.3, -0.25) is 0 Å². The Kier molecular flexibility index (Phi) is 4.85. The minimum atomic E-state index is 0.632. The van der Waals surface area contributed by atoms with Gasteiger partial charge in [-0.1, -0.05) is 13.8 Å². The van der Waals surface area contributed by atoms with E-state index in [0.717, 1.165) is 0 Å². The number of thioether (sulfide) groups is 1. The minimum Gasteiger partial charge on any atom is -0.313 e. The molecule has 3 heteroatoms. The number of hydrazone groups is 1. The average molecular weight is 132 g/mol. The molecule has 0 aromatic rings. The van der Waals surface area contributed by atoms with Crippen molar-refractivity contribution < 1.29 is 0 Å². The molecular weight excluding hydrogens is 120 g/mol. The van der Waals surface area contributed by atoms with Gasteiger partial charge in [-0.2, -0.15) is 5.10 Å². The Morgan fingerprint density at radius 1 is 1.62 bits per heavy atom. The summed E-state index contributed by atoms with van der Waals surface area (Å²) in [5, 5.41) is 4.43. The van der Waals surface area contributed by atoms with Crippen LogP contribution in [0.2, 0.25) is 0 Å². The molecule has 0 rings (SSSR count). The highest BCUT2D eigenvalue weighted by Crippen LogP contribution is 2.03. The first-order chi connectivity index (χ1) is 3.77. The second-order valence-corrected chi connectivity index (χ2v) is 3.07. The lowest BCUT2D eigenvalue weighted by Gasteiger charge is -1.94. The molecule has 0 aliphatic carbocycles. The fourth-order valence-corrected chi connectivity index (χ4v) is 0.615. The maximum absolute atomic E-state index is 3.80. The zero-order valence-electron chi connectivity index (χ0n) is 5.51. The monoisotopic (exact) mass is 132 g/mol. The van der Waals surface area contributed by atoms with E-state index in [9.17, 15) is 0 Å². The van der Waals surface area contributed by atoms with Crippen LogP contribution >= 0.6 is 11.8 Å². The minimum absolute atomic E-state index is 0.632. The largest absolute Gasteiger partial charge is 0.313 e. The Balaban J connectivity index is 3.03. The molecule has 0 fully saturated rings. The van der Waals surface area contributed by atoms with E-state index in [1.165, 1.54) is 0 Å². The molecule has 0 aromatic carbocycles. The van der Waals surface area contributed by atoms with Gasteiger partial charge in [0.1, 0.15) is 0 Å². The summed E-state index contributed by atoms with van der Waals surface area (Å²) in [6, 6.07) is 0. The third-order valence-corrected chi connectivity index (χ3v) is 1.29. The first-order valence-electron chi connectivity index (χ1n) is 2.61. The second-order valence-electron chi connectivity index (χ2n) is 1.64. The molecule has 0 saturated carbocycles. The number of hydrogen-bond acceptors (Lipinski definition) is 3. The zero-order valence-corrected chi connectivity index (χ0v) is 6.33. The quantitative estimate of drug-likeness (QED) is 0.355. The fraction of sp³-hybridized carbons (Fsp3) is 0.800. The molecule has 1 N–H and O–H groups in total. The molecule has 0 radical (unpaired) electrons. The van der Waals surface area contributed by atoms with Gasteiger partial charge >= 0.3 is 0 Å². The number of rotatable bonds is 3. The third-order valence-electron chi connectivity index (χ3n) is 0.515. The van der Waals surface area contributed by atoms with Crippen LogP contribution in [-0.4, -0.2) is 17.8 Å². The summed E-state index contributed by atoms with van der Waals surface area (Å²) >= 11 is 1.70. The molecule has 48 valence electrons. The molecule has 0 unspecified atom stereocenters. The molecule has 0 aromatic heterocycles. The molecule has 0 heterocycles. The first kappa shape index (κ1) is 7.82. The maximum Gasteiger partial charge on any atom is 0.0799 e. The number of hydrogen-bond donors (Lipinski definition) is 1. The molecule has 0 atom stereocenters. The molecule has 0 spiro atoms. The van der Waals surface area contributed by atoms with Gasteiger partial charge < -0.3 is 5.43 Å². The van der Waals surface area contributed by atoms with Gasteiger partial charge in [-0.25, -0.2) is 0 Å². The van der Waals surface area contributed by atoms with Crippen LogP contribution in [0.5, 0.6) is 0 Å². The number of nitrogens with zero attached hydrogens (tertiary/aromatic N) is 1. The smallest absolute Gasteiger partial charge is 0.0799 e. The molecule has 0 saturated heterocycles. The van der Waals surface area contributed by atoms with Crippen molar-refractivity contribution in [2.24, 2.45) is 5.10 Å². The standard InChI is InChI=1S/C5H12N2S/c1-5(2)8-4-7-6-3/h4-6H,1-3H3/b7-4-. The Bertz CT molecular complexity index is 70.8. The summed E-state index contributed by atoms with van der Waals surface area (Å²) in [7, 11) is 1.79. The van der Waals surface area contributed by atoms with Crippen molar-refractivity contribution in [1.29, 1.82) is 0 Å². The van der Waals surface area contributed by atoms with E-state index >= 15 is 0 Å². The van der Waals surface area contributed by atoms with Gasteiger partial charge in [-0.05, 0) is 0 Å². The second kappa shape index (κ2) is 4.97. The zero-order chi connectivity index (χ0) is 6.41. The van der Waals surface area contributed by atoms with Gasteiger partial charge in [0.2, 0.25) is 0 Å². The molecule has 2 nitrogen and oxygen atoms in total. The van der Waals surface area contributed by atoms with Crippen molar-refractivity contribution in [2.45, 2.75) is 19.1 Å². The van der Waals surface area contributed by atoms with Crippen LogP contribution in [-0.2, 0) is 0 Å². The highest BCUT2D eigenvalue weighted by molar-refractivity contribution is 8.12. The van der Waals surface area contributed by atoms with Crippen molar-refractivity contribution in [3.05, 3.63) is 0 Å². The third kappa shape index (κ3) is 5.82. The van der Waals surface area contributed by atoms with Crippen LogP contribution in [0, 0.1) is 0 Å². The van der Waals surface area contributed by atoms with Crippen LogP contribution in [0.15, 0.2) is 5.10 Å². The van der Waals surface area contributed by atoms with Gasteiger partial charge in [0.05, 0.1) is 5.55 Å². The lowest BCUT2D eigenvalue weighted by molar-refractivity contribution is 0.911. The molecule has 0 aliphatic rings. The van der Waals surface area contributed by atoms with Crippen molar-refractivity contribution in [3.63, 3.8) is 0 Å². The lowest BCUT2D eigenvalue weighted by Crippen LogP contribution is -1.93. The highest BCUT2D eigenvalue weighted by Gasteiger charge is 1.85. The predicted molar refractivity (Wildman–Crippen MR) is 40.3 cm³/mol. The summed E-state index contributed by atoms with van der Waals surface area (Å²) in [5.74, 6) is 0. The van der Waals surface area contributed by atoms with Crippen molar-refractivity contribution in [2.75, 3.05) is 7.05 Å². The highest BCUT2D eigenvalue weighted by atomic mass is 32.2. The Morgan fingerprint density at radius 2 is 2.25 bits per heavy atom. The van der Waals surface area contributed by atoms with E-state index in [1.807, 2.05) is 5.55 Å². The Hall–Kier alpha value is -0.180. The summed E-state index contributed by atoms with van der Waals surface area (Å²) in [5.41, 5.74) is 4.48. The van der Waals surface area contributed by atoms with E-state index in [0.29, 0.717) is 5.25 Å². The van der Waals surface area contributed by atoms with Gasteiger partial charge in [0.15, 0.2) is 0 Å². The lowest BCUT2D eigenvalue weighted by atomic mass is 10.6. The van der Waals surface area contributed by atoms with Crippen molar-refractivity contribution in [3.8, 4) is 0 Å². The van der Waals surface area contributed by atoms with Crippen LogP contribution < -0.4 is 5.43 Å². The molecule has 0 bridgehead atoms. The summed E-state index contributed by atoms with van der Waals surface area (Å²) in [4.78, 5) is 0. The van der Waals surface area contributed by atoms with Crippen molar-refractivity contribution in [1.82, 2.24) is 5.43 Å². The Labute approximate surface area is 54.7 Å². The topological polar surface area (TPSA) is 24.4 Å². The molecule has 0 aliphatic heterocycles. The normalized spacial score (nSPS) is 11.0. The molecular formula is C5H12N2S. The molecule has 8 heavy (non-hydrogen) atoms. The van der Waals surface area contributed by atoms with Gasteiger partial charge in [0.25, 0.3) is 0 Å². The summed E-state index contributed by atoms with van der Waals surface area (Å²) in [6.07, 6.45) is 0. The Morgan fingerprint density at radius 3 is 2.62 bits per heavy atom. The van der Waals surface area contributed by atoms with Gasteiger partial charge in [0, 0.05) is 12.3 Å². The first-order valence-corrected chi connectivity index (χ1v) is 3.55. The fourth-order valence-electron chi connectivity index (χ4n) is 0.205. The van der Waals surface area contributed by atoms with Crippen LogP contribution in [0.4, 0.5) is 0 Å². The summed E-state index contributed by atoms with van der Waals surface area (Å²) < 4.78 is 0. The van der Waals surface area contributed by atoms with Gasteiger partial charge in [-0.15, -0.1) is 11.8 Å². The maximum atomic E-state index is 3.80. The SMILES string of the molecule is CN/N=C\SC(C)C. The van der Waals surface area contributed by atoms with E-state index in [-0.39, 0.29) is 0 Å². The summed E-state index contributed by atoms with van der Waals surface area (Å²) in [6.45, 7) is 4.26. The van der Waals surface area contributed by atoms with E-state index in [4.69, 9.17) is 0 Å². The average Bonchev–Trinajstić information content (AvgIpc) is 1.66. The predicted octanol–water partition coefficient (Wildman–Crippen LogP) is 1.29. The van der Waals surface area contributed by atoms with Crippen LogP contribution in [0.1, 0.15) is 13.8 Å². The van der Waals surface area contributed by atoms with Crippen LogP contribution in [0.25, 0.3) is 0 Å².